The van der Waals surface area contributed by atoms with Crippen LogP contribution >= 0.6 is 27.3 Å². The second-order valence-electron chi connectivity index (χ2n) is 4.89. The molecule has 1 aromatic carbocycles. The van der Waals surface area contributed by atoms with Crippen molar-refractivity contribution in [3.05, 3.63) is 27.5 Å². The van der Waals surface area contributed by atoms with Crippen molar-refractivity contribution in [3.63, 3.8) is 0 Å². The van der Waals surface area contributed by atoms with Crippen LogP contribution in [0.25, 0.3) is 10.1 Å². The van der Waals surface area contributed by atoms with Crippen LogP contribution in [0.15, 0.2) is 22.7 Å². The molecule has 0 spiro atoms. The highest BCUT2D eigenvalue weighted by molar-refractivity contribution is 9.10. The molecule has 0 bridgehead atoms. The molecule has 0 fully saturated rings. The lowest BCUT2D eigenvalue weighted by molar-refractivity contribution is -0.120. The van der Waals surface area contributed by atoms with E-state index in [0.29, 0.717) is 10.6 Å². The van der Waals surface area contributed by atoms with Gasteiger partial charge in [-0.25, -0.2) is 0 Å². The molecule has 21 heavy (non-hydrogen) atoms. The normalized spacial score (nSPS) is 10.9. The van der Waals surface area contributed by atoms with Crippen molar-refractivity contribution in [1.29, 1.82) is 0 Å². The molecule has 4 N–H and O–H groups in total. The number of nitrogens with two attached hydrogens (primary N) is 1. The highest BCUT2D eigenvalue weighted by Crippen LogP contribution is 2.35. The molecule has 2 rings (SSSR count). The van der Waals surface area contributed by atoms with E-state index in [1.807, 2.05) is 32.0 Å². The van der Waals surface area contributed by atoms with E-state index in [-0.39, 0.29) is 24.4 Å². The molecule has 0 saturated heterocycles. The summed E-state index contributed by atoms with van der Waals surface area (Å²) in [5.41, 5.74) is 6.47. The third-order valence-corrected chi connectivity index (χ3v) is 4.43. The average Bonchev–Trinajstić information content (AvgIpc) is 2.73. The van der Waals surface area contributed by atoms with Crippen molar-refractivity contribution in [2.24, 2.45) is 0 Å². The van der Waals surface area contributed by atoms with Gasteiger partial charge in [-0.1, -0.05) is 15.9 Å². The number of benzene rings is 1. The minimum atomic E-state index is -0.330. The first-order chi connectivity index (χ1) is 9.88. The van der Waals surface area contributed by atoms with E-state index >= 15 is 0 Å². The number of halogens is 1. The Morgan fingerprint density at radius 1 is 1.38 bits per heavy atom. The van der Waals surface area contributed by atoms with Gasteiger partial charge in [0.05, 0.1) is 12.2 Å². The molecule has 0 aliphatic heterocycles. The monoisotopic (exact) mass is 369 g/mol. The van der Waals surface area contributed by atoms with E-state index in [4.69, 9.17) is 5.73 Å². The number of nitrogens with one attached hydrogen (secondary N) is 2. The summed E-state index contributed by atoms with van der Waals surface area (Å²) in [5, 5.41) is 6.14. The summed E-state index contributed by atoms with van der Waals surface area (Å²) < 4.78 is 1.84. The molecule has 0 atom stereocenters. The second kappa shape index (κ2) is 6.44. The fraction of sp³-hybridized carbons (Fsp3) is 0.286. The van der Waals surface area contributed by atoms with Gasteiger partial charge in [0.2, 0.25) is 5.91 Å². The van der Waals surface area contributed by atoms with E-state index in [9.17, 15) is 9.59 Å². The standard InChI is InChI=1S/C14H16BrN3O2S/c1-7(2)18-11(19)6-17-14(20)13-12(16)9-5-8(15)3-4-10(9)21-13/h3-5,7H,6,16H2,1-2H3,(H,17,20)(H,18,19). The number of carbonyl (C=O) groups excluding carboxylic acids is 2. The first-order valence-corrected chi connectivity index (χ1v) is 8.04. The van der Waals surface area contributed by atoms with Crippen LogP contribution in [-0.2, 0) is 4.79 Å². The first-order valence-electron chi connectivity index (χ1n) is 6.43. The Kier molecular flexibility index (Phi) is 4.84. The van der Waals surface area contributed by atoms with Crippen LogP contribution in [-0.4, -0.2) is 24.4 Å². The zero-order valence-corrected chi connectivity index (χ0v) is 14.1. The minimum absolute atomic E-state index is 0.0427. The Balaban J connectivity index is 2.13. The summed E-state index contributed by atoms with van der Waals surface area (Å²) in [4.78, 5) is 24.1. The number of hydrogen-bond acceptors (Lipinski definition) is 4. The van der Waals surface area contributed by atoms with E-state index in [1.165, 1.54) is 11.3 Å². The maximum atomic E-state index is 12.1. The smallest absolute Gasteiger partial charge is 0.263 e. The zero-order chi connectivity index (χ0) is 15.6. The van der Waals surface area contributed by atoms with Gasteiger partial charge < -0.3 is 16.4 Å². The van der Waals surface area contributed by atoms with Crippen molar-refractivity contribution in [2.45, 2.75) is 19.9 Å². The van der Waals surface area contributed by atoms with Crippen LogP contribution in [0.3, 0.4) is 0 Å². The average molecular weight is 370 g/mol. The molecular formula is C14H16BrN3O2S. The third kappa shape index (κ3) is 3.74. The minimum Gasteiger partial charge on any atom is -0.397 e. The molecule has 7 heteroatoms. The maximum Gasteiger partial charge on any atom is 0.263 e. The van der Waals surface area contributed by atoms with Crippen molar-refractivity contribution >= 4 is 54.9 Å². The number of carbonyl (C=O) groups is 2. The Morgan fingerprint density at radius 2 is 2.10 bits per heavy atom. The largest absolute Gasteiger partial charge is 0.397 e. The number of anilines is 1. The van der Waals surface area contributed by atoms with Crippen molar-refractivity contribution in [2.75, 3.05) is 12.3 Å². The van der Waals surface area contributed by atoms with Crippen LogP contribution < -0.4 is 16.4 Å². The molecule has 2 amide bonds. The molecule has 0 unspecified atom stereocenters. The topological polar surface area (TPSA) is 84.2 Å². The van der Waals surface area contributed by atoms with Crippen molar-refractivity contribution in [1.82, 2.24) is 10.6 Å². The fourth-order valence-corrected chi connectivity index (χ4v) is 3.25. The van der Waals surface area contributed by atoms with Gasteiger partial charge in [-0.3, -0.25) is 9.59 Å². The van der Waals surface area contributed by atoms with Crippen LogP contribution in [0.4, 0.5) is 5.69 Å². The number of hydrogen-bond donors (Lipinski definition) is 3. The number of nitrogen functional groups attached to an aromatic ring is 1. The molecule has 0 aliphatic carbocycles. The summed E-state index contributed by atoms with van der Waals surface area (Å²) >= 11 is 4.70. The van der Waals surface area contributed by atoms with E-state index < -0.39 is 0 Å². The summed E-state index contributed by atoms with van der Waals surface area (Å²) in [6, 6.07) is 5.73. The van der Waals surface area contributed by atoms with Crippen LogP contribution in [0.5, 0.6) is 0 Å². The summed E-state index contributed by atoms with van der Waals surface area (Å²) in [5.74, 6) is -0.551. The van der Waals surface area contributed by atoms with Gasteiger partial charge in [-0.2, -0.15) is 0 Å². The molecule has 0 radical (unpaired) electrons. The SMILES string of the molecule is CC(C)NC(=O)CNC(=O)c1sc2ccc(Br)cc2c1N. The highest BCUT2D eigenvalue weighted by atomic mass is 79.9. The fourth-order valence-electron chi connectivity index (χ4n) is 1.87. The second-order valence-corrected chi connectivity index (χ2v) is 6.86. The lowest BCUT2D eigenvalue weighted by Crippen LogP contribution is -2.39. The Hall–Kier alpha value is -1.60. The molecular weight excluding hydrogens is 354 g/mol. The Morgan fingerprint density at radius 3 is 2.76 bits per heavy atom. The van der Waals surface area contributed by atoms with Crippen LogP contribution in [0.1, 0.15) is 23.5 Å². The molecule has 2 aromatic rings. The Labute approximate surface area is 135 Å². The maximum absolute atomic E-state index is 12.1. The lowest BCUT2D eigenvalue weighted by Gasteiger charge is -2.08. The number of fused-ring (bicyclic) bond motifs is 1. The molecule has 0 aliphatic rings. The number of rotatable bonds is 4. The molecule has 0 saturated carbocycles. The summed E-state index contributed by atoms with van der Waals surface area (Å²) in [6.45, 7) is 3.66. The molecule has 1 heterocycles. The van der Waals surface area contributed by atoms with Gasteiger partial charge >= 0.3 is 0 Å². The zero-order valence-electron chi connectivity index (χ0n) is 11.7. The third-order valence-electron chi connectivity index (χ3n) is 2.75. The van der Waals surface area contributed by atoms with E-state index in [2.05, 4.69) is 26.6 Å². The molecule has 1 aromatic heterocycles. The Bertz CT molecular complexity index is 697. The molecule has 5 nitrogen and oxygen atoms in total. The van der Waals surface area contributed by atoms with Gasteiger partial charge in [-0.05, 0) is 32.0 Å². The van der Waals surface area contributed by atoms with Crippen molar-refractivity contribution in [3.8, 4) is 0 Å². The van der Waals surface area contributed by atoms with Crippen molar-refractivity contribution < 1.29 is 9.59 Å². The predicted octanol–water partition coefficient (Wildman–Crippen LogP) is 2.50. The van der Waals surface area contributed by atoms with Gasteiger partial charge in [0.25, 0.3) is 5.91 Å². The van der Waals surface area contributed by atoms with Crippen LogP contribution in [0, 0.1) is 0 Å². The lowest BCUT2D eigenvalue weighted by atomic mass is 10.2. The molecule has 112 valence electrons. The van der Waals surface area contributed by atoms with E-state index in [0.717, 1.165) is 14.6 Å². The van der Waals surface area contributed by atoms with Gasteiger partial charge in [0.15, 0.2) is 0 Å². The van der Waals surface area contributed by atoms with Gasteiger partial charge in [-0.15, -0.1) is 11.3 Å². The van der Waals surface area contributed by atoms with Gasteiger partial charge in [0.1, 0.15) is 4.88 Å². The van der Waals surface area contributed by atoms with E-state index in [1.54, 1.807) is 0 Å². The number of amides is 2. The number of thiophene rings is 1. The first kappa shape index (κ1) is 15.8. The summed E-state index contributed by atoms with van der Waals surface area (Å²) in [7, 11) is 0. The van der Waals surface area contributed by atoms with Crippen LogP contribution in [0.2, 0.25) is 0 Å². The highest BCUT2D eigenvalue weighted by Gasteiger charge is 2.17. The quantitative estimate of drug-likeness (QED) is 0.773. The predicted molar refractivity (Wildman–Crippen MR) is 89.5 cm³/mol. The van der Waals surface area contributed by atoms with Gasteiger partial charge in [0, 0.05) is 20.6 Å². The summed E-state index contributed by atoms with van der Waals surface area (Å²) in [6.07, 6.45) is 0.